The molecular formula is C14H11ClN6O3S. The minimum atomic E-state index is -0.599. The predicted molar refractivity (Wildman–Crippen MR) is 93.2 cm³/mol. The van der Waals surface area contributed by atoms with E-state index < -0.39 is 16.1 Å². The Bertz CT molecular complexity index is 885. The zero-order chi connectivity index (χ0) is 18.6. The van der Waals surface area contributed by atoms with Gasteiger partial charge in [0.2, 0.25) is 5.91 Å². The first-order chi connectivity index (χ1) is 11.8. The molecule has 2 aromatic rings. The number of nitriles is 1. The Hall–Kier alpha value is -2.90. The Balaban J connectivity index is 2.07. The number of thioether (sulfide) groups is 1. The van der Waals surface area contributed by atoms with E-state index in [1.807, 2.05) is 6.07 Å². The van der Waals surface area contributed by atoms with Crippen molar-refractivity contribution in [2.24, 2.45) is 0 Å². The lowest BCUT2D eigenvalue weighted by molar-refractivity contribution is -0.384. The molecule has 9 nitrogen and oxygen atoms in total. The minimum Gasteiger partial charge on any atom is -0.382 e. The Morgan fingerprint density at radius 3 is 2.84 bits per heavy atom. The lowest BCUT2D eigenvalue weighted by atomic mass is 10.2. The van der Waals surface area contributed by atoms with Crippen LogP contribution in [0.25, 0.3) is 0 Å². The molecule has 0 aliphatic heterocycles. The number of rotatable bonds is 5. The third-order valence-electron chi connectivity index (χ3n) is 2.99. The fourth-order valence-corrected chi connectivity index (χ4v) is 2.65. The molecule has 0 saturated heterocycles. The van der Waals surface area contributed by atoms with Gasteiger partial charge < -0.3 is 11.1 Å². The van der Waals surface area contributed by atoms with E-state index in [1.165, 1.54) is 18.3 Å². The highest BCUT2D eigenvalue weighted by Gasteiger charge is 2.19. The molecule has 128 valence electrons. The summed E-state index contributed by atoms with van der Waals surface area (Å²) in [7, 11) is 0. The summed E-state index contributed by atoms with van der Waals surface area (Å²) < 4.78 is 0. The average Bonchev–Trinajstić information content (AvgIpc) is 2.56. The summed E-state index contributed by atoms with van der Waals surface area (Å²) in [6.45, 7) is 1.62. The van der Waals surface area contributed by atoms with Crippen LogP contribution in [0, 0.1) is 21.4 Å². The number of nitrogens with one attached hydrogen (secondary N) is 1. The van der Waals surface area contributed by atoms with Gasteiger partial charge in [-0.25, -0.2) is 9.97 Å². The van der Waals surface area contributed by atoms with Crippen molar-refractivity contribution < 1.29 is 9.72 Å². The zero-order valence-corrected chi connectivity index (χ0v) is 14.3. The molecule has 0 aliphatic rings. The molecule has 1 heterocycles. The molecule has 0 aliphatic carbocycles. The van der Waals surface area contributed by atoms with Gasteiger partial charge in [0, 0.05) is 12.1 Å². The molecule has 1 aromatic heterocycles. The number of hydrogen-bond donors (Lipinski definition) is 2. The van der Waals surface area contributed by atoms with Crippen molar-refractivity contribution in [1.82, 2.24) is 9.97 Å². The molecule has 25 heavy (non-hydrogen) atoms. The van der Waals surface area contributed by atoms with E-state index in [9.17, 15) is 14.9 Å². The van der Waals surface area contributed by atoms with E-state index in [1.54, 1.807) is 6.92 Å². The van der Waals surface area contributed by atoms with Gasteiger partial charge in [0.05, 0.1) is 27.1 Å². The van der Waals surface area contributed by atoms with E-state index in [-0.39, 0.29) is 32.9 Å². The number of nitro benzene ring substituents is 1. The fraction of sp³-hybridized carbons (Fsp3) is 0.143. The quantitative estimate of drug-likeness (QED) is 0.349. The van der Waals surface area contributed by atoms with Gasteiger partial charge in [0.15, 0.2) is 5.16 Å². The first-order valence-electron chi connectivity index (χ1n) is 6.76. The summed E-state index contributed by atoms with van der Waals surface area (Å²) in [5, 5.41) is 21.8. The summed E-state index contributed by atoms with van der Waals surface area (Å²) >= 11 is 6.98. The number of nitrogen functional groups attached to an aromatic ring is 1. The van der Waals surface area contributed by atoms with Crippen LogP contribution in [0.3, 0.4) is 0 Å². The largest absolute Gasteiger partial charge is 0.382 e. The Morgan fingerprint density at radius 2 is 2.28 bits per heavy atom. The van der Waals surface area contributed by atoms with Gasteiger partial charge in [-0.15, -0.1) is 0 Å². The summed E-state index contributed by atoms with van der Waals surface area (Å²) in [6.07, 6.45) is 1.28. The van der Waals surface area contributed by atoms with Gasteiger partial charge in [0.25, 0.3) is 5.69 Å². The van der Waals surface area contributed by atoms with Crippen molar-refractivity contribution in [3.63, 3.8) is 0 Å². The molecule has 1 aromatic carbocycles. The highest BCUT2D eigenvalue weighted by Crippen LogP contribution is 2.28. The van der Waals surface area contributed by atoms with E-state index in [0.29, 0.717) is 0 Å². The maximum absolute atomic E-state index is 12.2. The van der Waals surface area contributed by atoms with Crippen molar-refractivity contribution in [2.45, 2.75) is 17.3 Å². The number of aromatic nitrogens is 2. The molecule has 11 heteroatoms. The molecule has 1 amide bonds. The molecule has 2 rings (SSSR count). The van der Waals surface area contributed by atoms with Crippen LogP contribution in [-0.2, 0) is 4.79 Å². The van der Waals surface area contributed by atoms with Crippen LogP contribution in [0.15, 0.2) is 29.6 Å². The molecule has 1 unspecified atom stereocenters. The second-order valence-corrected chi connectivity index (χ2v) is 6.45. The van der Waals surface area contributed by atoms with Gasteiger partial charge in [0.1, 0.15) is 17.5 Å². The summed E-state index contributed by atoms with van der Waals surface area (Å²) in [5.74, 6) is -0.363. The Kier molecular flexibility index (Phi) is 5.74. The van der Waals surface area contributed by atoms with Crippen LogP contribution < -0.4 is 11.1 Å². The molecule has 0 saturated carbocycles. The van der Waals surface area contributed by atoms with Crippen molar-refractivity contribution >= 4 is 46.5 Å². The SMILES string of the molecule is CC(Sc1ncc(C#N)c(N)n1)C(=O)Nc1ccc([N+](=O)[O-])cc1Cl. The molecule has 3 N–H and O–H groups in total. The van der Waals surface area contributed by atoms with Crippen LogP contribution in [0.4, 0.5) is 17.2 Å². The Labute approximate surface area is 151 Å². The summed E-state index contributed by atoms with van der Waals surface area (Å²) in [5.41, 5.74) is 5.84. The smallest absolute Gasteiger partial charge is 0.271 e. The molecule has 0 fully saturated rings. The number of halogens is 1. The summed E-state index contributed by atoms with van der Waals surface area (Å²) in [4.78, 5) is 30.2. The third kappa shape index (κ3) is 4.56. The number of carbonyl (C=O) groups is 1. The van der Waals surface area contributed by atoms with E-state index in [4.69, 9.17) is 22.6 Å². The van der Waals surface area contributed by atoms with E-state index in [2.05, 4.69) is 15.3 Å². The normalized spacial score (nSPS) is 11.4. The zero-order valence-electron chi connectivity index (χ0n) is 12.8. The molecular weight excluding hydrogens is 368 g/mol. The Morgan fingerprint density at radius 1 is 1.56 bits per heavy atom. The summed E-state index contributed by atoms with van der Waals surface area (Å²) in [6, 6.07) is 5.59. The van der Waals surface area contributed by atoms with Crippen LogP contribution in [-0.4, -0.2) is 26.0 Å². The number of nitro groups is 1. The average molecular weight is 379 g/mol. The highest BCUT2D eigenvalue weighted by atomic mass is 35.5. The minimum absolute atomic E-state index is 0.0334. The predicted octanol–water partition coefficient (Wildman–Crippen LogP) is 2.61. The van der Waals surface area contributed by atoms with Gasteiger partial charge >= 0.3 is 0 Å². The van der Waals surface area contributed by atoms with Crippen LogP contribution in [0.1, 0.15) is 12.5 Å². The van der Waals surface area contributed by atoms with Crippen LogP contribution in [0.2, 0.25) is 5.02 Å². The highest BCUT2D eigenvalue weighted by molar-refractivity contribution is 8.00. The van der Waals surface area contributed by atoms with Crippen LogP contribution in [0.5, 0.6) is 0 Å². The van der Waals surface area contributed by atoms with Crippen LogP contribution >= 0.6 is 23.4 Å². The van der Waals surface area contributed by atoms with E-state index in [0.717, 1.165) is 17.8 Å². The van der Waals surface area contributed by atoms with Crippen molar-refractivity contribution in [2.75, 3.05) is 11.1 Å². The standard InChI is InChI=1S/C14H11ClN6O3S/c1-7(25-14-18-6-8(5-16)12(17)20-14)13(22)19-11-3-2-9(21(23)24)4-10(11)15/h2-4,6-7H,1H3,(H,19,22)(H2,17,18,20). The first kappa shape index (κ1) is 18.4. The number of anilines is 2. The second-order valence-electron chi connectivity index (χ2n) is 4.73. The maximum atomic E-state index is 12.2. The van der Waals surface area contributed by atoms with Gasteiger partial charge in [-0.3, -0.25) is 14.9 Å². The van der Waals surface area contributed by atoms with E-state index >= 15 is 0 Å². The molecule has 0 radical (unpaired) electrons. The molecule has 0 bridgehead atoms. The number of benzene rings is 1. The number of non-ortho nitro benzene ring substituents is 1. The number of amides is 1. The van der Waals surface area contributed by atoms with Crippen molar-refractivity contribution in [3.05, 3.63) is 45.1 Å². The number of carbonyl (C=O) groups excluding carboxylic acids is 1. The molecule has 0 spiro atoms. The number of nitrogens with two attached hydrogens (primary N) is 1. The lowest BCUT2D eigenvalue weighted by Gasteiger charge is -2.12. The maximum Gasteiger partial charge on any atom is 0.271 e. The fourth-order valence-electron chi connectivity index (χ4n) is 1.69. The topological polar surface area (TPSA) is 148 Å². The monoisotopic (exact) mass is 378 g/mol. The first-order valence-corrected chi connectivity index (χ1v) is 8.01. The van der Waals surface area contributed by atoms with Crippen molar-refractivity contribution in [1.29, 1.82) is 5.26 Å². The molecule has 1 atom stereocenters. The number of nitrogens with zero attached hydrogens (tertiary/aromatic N) is 4. The van der Waals surface area contributed by atoms with Gasteiger partial charge in [-0.05, 0) is 13.0 Å². The van der Waals surface area contributed by atoms with Gasteiger partial charge in [-0.1, -0.05) is 23.4 Å². The third-order valence-corrected chi connectivity index (χ3v) is 4.28. The van der Waals surface area contributed by atoms with Gasteiger partial charge in [-0.2, -0.15) is 5.26 Å². The lowest BCUT2D eigenvalue weighted by Crippen LogP contribution is -2.23. The second kappa shape index (κ2) is 7.78. The number of hydrogen-bond acceptors (Lipinski definition) is 8. The van der Waals surface area contributed by atoms with Crippen molar-refractivity contribution in [3.8, 4) is 6.07 Å².